The standard InChI is InChI=1S/C88H63BN4/c1-88(2,3)64-55-83-85-84(56-64)93(87-69(60-31-13-6-14-32-60)42-26-43-70(87)61-33-15-7-16-34-61)82-57-66(91-77-44-22-19-37-71(77)72-38-20-23-45-78(72)91)49-51-76(82)89(85)75-50-47-63(62-48-52-80-74(53-62)73-39-21-24-46-79(73)90(80)65-35-17-8-18-36-65)54-81(75)92(83)86-67(58-27-9-4-10-28-58)40-25-41-68(86)59-29-11-5-12-30-59/h4-57H,1-3H3/i19D,20D,22D,23D,37D,38D,44D,45D. The summed E-state index contributed by atoms with van der Waals surface area (Å²) < 4.78 is 78.8. The maximum absolute atomic E-state index is 9.74. The number of benzene rings is 14. The second-order valence-corrected chi connectivity index (χ2v) is 25.4. The summed E-state index contributed by atoms with van der Waals surface area (Å²) in [7, 11) is 0. The Kier molecular flexibility index (Phi) is 10.7. The van der Waals surface area contributed by atoms with Crippen molar-refractivity contribution >= 4 is 101 Å². The highest BCUT2D eigenvalue weighted by Gasteiger charge is 2.46. The Balaban J connectivity index is 1.00. The zero-order valence-electron chi connectivity index (χ0n) is 59.4. The second kappa shape index (κ2) is 21.5. The summed E-state index contributed by atoms with van der Waals surface area (Å²) in [6.45, 7) is 6.36. The maximum atomic E-state index is 9.74. The minimum Gasteiger partial charge on any atom is -0.310 e. The highest BCUT2D eigenvalue weighted by atomic mass is 15.2. The molecule has 0 radical (unpaired) electrons. The van der Waals surface area contributed by atoms with Gasteiger partial charge in [0.25, 0.3) is 6.71 Å². The zero-order chi connectivity index (χ0) is 68.9. The minimum atomic E-state index is -0.495. The van der Waals surface area contributed by atoms with Crippen LogP contribution in [0.3, 0.4) is 0 Å². The Labute approximate surface area is 554 Å². The molecule has 0 atom stereocenters. The summed E-state index contributed by atoms with van der Waals surface area (Å²) in [5.74, 6) is 0. The van der Waals surface area contributed by atoms with Crippen LogP contribution in [-0.2, 0) is 5.41 Å². The molecule has 14 aromatic carbocycles. The van der Waals surface area contributed by atoms with Crippen LogP contribution in [0.1, 0.15) is 37.3 Å². The fourth-order valence-electron chi connectivity index (χ4n) is 14.9. The Morgan fingerprint density at radius 3 is 1.24 bits per heavy atom. The molecule has 0 bridgehead atoms. The fraction of sp³-hybridized carbons (Fsp3) is 0.0455. The van der Waals surface area contributed by atoms with Gasteiger partial charge in [-0.2, -0.15) is 0 Å². The number of anilines is 6. The molecule has 0 spiro atoms. The number of rotatable bonds is 9. The van der Waals surface area contributed by atoms with E-state index in [0.717, 1.165) is 139 Å². The van der Waals surface area contributed by atoms with E-state index < -0.39 is 36.3 Å². The van der Waals surface area contributed by atoms with Gasteiger partial charge in [0.2, 0.25) is 0 Å². The lowest BCUT2D eigenvalue weighted by atomic mass is 9.33. The number of para-hydroxylation sites is 6. The molecule has 4 heterocycles. The first-order valence-corrected chi connectivity index (χ1v) is 31.8. The van der Waals surface area contributed by atoms with Gasteiger partial charge in [-0.25, -0.2) is 0 Å². The van der Waals surface area contributed by atoms with Crippen molar-refractivity contribution in [3.63, 3.8) is 0 Å². The molecule has 2 aromatic heterocycles. The van der Waals surface area contributed by atoms with Gasteiger partial charge in [-0.3, -0.25) is 0 Å². The van der Waals surface area contributed by atoms with E-state index in [1.807, 2.05) is 18.2 Å². The molecule has 0 fully saturated rings. The third-order valence-electron chi connectivity index (χ3n) is 19.1. The zero-order valence-corrected chi connectivity index (χ0v) is 51.4. The van der Waals surface area contributed by atoms with Gasteiger partial charge < -0.3 is 18.9 Å². The van der Waals surface area contributed by atoms with Crippen molar-refractivity contribution in [2.24, 2.45) is 0 Å². The molecule has 0 unspecified atom stereocenters. The summed E-state index contributed by atoms with van der Waals surface area (Å²) in [6, 6.07) is 96.2. The van der Waals surface area contributed by atoms with Gasteiger partial charge >= 0.3 is 0 Å². The quantitative estimate of drug-likeness (QED) is 0.134. The van der Waals surface area contributed by atoms with Crippen molar-refractivity contribution in [3.8, 4) is 67.0 Å². The molecule has 0 N–H and O–H groups in total. The first-order valence-electron chi connectivity index (χ1n) is 35.8. The van der Waals surface area contributed by atoms with E-state index in [2.05, 4.69) is 296 Å². The van der Waals surface area contributed by atoms with Crippen LogP contribution in [0.5, 0.6) is 0 Å². The minimum absolute atomic E-state index is 0.0158. The Bertz CT molecular complexity index is 5920. The fourth-order valence-corrected chi connectivity index (χ4v) is 14.9. The van der Waals surface area contributed by atoms with Crippen LogP contribution in [0.15, 0.2) is 327 Å². The Morgan fingerprint density at radius 2 is 0.720 bits per heavy atom. The highest BCUT2D eigenvalue weighted by Crippen LogP contribution is 2.54. The van der Waals surface area contributed by atoms with E-state index in [4.69, 9.17) is 2.74 Å². The van der Waals surface area contributed by atoms with Gasteiger partial charge in [-0.15, -0.1) is 0 Å². The molecule has 16 aromatic rings. The predicted molar refractivity (Wildman–Crippen MR) is 395 cm³/mol. The molecule has 2 aliphatic heterocycles. The van der Waals surface area contributed by atoms with Crippen LogP contribution in [-0.4, -0.2) is 15.8 Å². The number of aromatic nitrogens is 2. The molecule has 0 saturated carbocycles. The van der Waals surface area contributed by atoms with Crippen LogP contribution in [0.4, 0.5) is 34.1 Å². The van der Waals surface area contributed by atoms with Gasteiger partial charge in [0.15, 0.2) is 0 Å². The van der Waals surface area contributed by atoms with Gasteiger partial charge in [0.1, 0.15) is 0 Å². The van der Waals surface area contributed by atoms with Crippen molar-refractivity contribution in [3.05, 3.63) is 333 Å². The molecule has 2 aliphatic rings. The van der Waals surface area contributed by atoms with Crippen LogP contribution in [0.25, 0.3) is 111 Å². The van der Waals surface area contributed by atoms with Crippen molar-refractivity contribution in [2.75, 3.05) is 9.80 Å². The molecular weight excluding hydrogens is 1120 g/mol. The first-order chi connectivity index (χ1) is 49.1. The lowest BCUT2D eigenvalue weighted by Crippen LogP contribution is -2.61. The Morgan fingerprint density at radius 1 is 0.301 bits per heavy atom. The molecule has 4 nitrogen and oxygen atoms in total. The van der Waals surface area contributed by atoms with E-state index in [9.17, 15) is 8.22 Å². The monoisotopic (exact) mass is 1190 g/mol. The summed E-state index contributed by atoms with van der Waals surface area (Å²) in [5, 5.41) is 2.32. The average Bonchev–Trinajstić information content (AvgIpc) is 1.11. The molecule has 18 rings (SSSR count). The van der Waals surface area contributed by atoms with Gasteiger partial charge in [0.05, 0.1) is 44.4 Å². The summed E-state index contributed by atoms with van der Waals surface area (Å²) in [6.07, 6.45) is 0. The smallest absolute Gasteiger partial charge is 0.252 e. The van der Waals surface area contributed by atoms with Crippen molar-refractivity contribution in [1.29, 1.82) is 0 Å². The van der Waals surface area contributed by atoms with Crippen molar-refractivity contribution < 1.29 is 11.0 Å². The van der Waals surface area contributed by atoms with Gasteiger partial charge in [-0.1, -0.05) is 275 Å². The lowest BCUT2D eigenvalue weighted by molar-refractivity contribution is 0.590. The number of nitrogens with zero attached hydrogens (tertiary/aromatic N) is 4. The number of hydrogen-bond donors (Lipinski definition) is 0. The third kappa shape index (κ3) is 8.68. The van der Waals surface area contributed by atoms with E-state index in [-0.39, 0.29) is 46.0 Å². The normalized spacial score (nSPS) is 13.8. The van der Waals surface area contributed by atoms with Gasteiger partial charge in [-0.05, 0) is 133 Å². The predicted octanol–water partition coefficient (Wildman–Crippen LogP) is 21.6. The summed E-state index contributed by atoms with van der Waals surface area (Å²) in [5.41, 5.74) is 23.3. The maximum Gasteiger partial charge on any atom is 0.252 e. The molecule has 438 valence electrons. The van der Waals surface area contributed by atoms with E-state index in [1.165, 1.54) is 0 Å². The molecule has 0 amide bonds. The van der Waals surface area contributed by atoms with Crippen LogP contribution in [0.2, 0.25) is 0 Å². The molecule has 5 heteroatoms. The molecule has 0 saturated heterocycles. The molecule has 0 aliphatic carbocycles. The van der Waals surface area contributed by atoms with E-state index in [1.54, 1.807) is 4.57 Å². The summed E-state index contributed by atoms with van der Waals surface area (Å²) in [4.78, 5) is 4.98. The van der Waals surface area contributed by atoms with Crippen LogP contribution < -0.4 is 26.2 Å². The lowest BCUT2D eigenvalue weighted by Gasteiger charge is -2.46. The molecule has 93 heavy (non-hydrogen) atoms. The third-order valence-corrected chi connectivity index (χ3v) is 19.1. The SMILES string of the molecule is [2H]c1c([2H])c([2H])c2c(c1[2H])c1c([2H])c([2H])c([2H])c([2H])c1n2-c1ccc2c(c1)N(c1c(-c3ccccc3)cccc1-c1ccccc1)c1cc(C(C)(C)C)cc3c1B2c1ccc(-c2ccc4c(c2)c2ccccc2n4-c2ccccc2)cc1N3c1c(-c2ccccc2)cccc1-c1ccccc1. The number of hydrogen-bond acceptors (Lipinski definition) is 2. The van der Waals surface area contributed by atoms with Crippen molar-refractivity contribution in [1.82, 2.24) is 9.13 Å². The van der Waals surface area contributed by atoms with Crippen molar-refractivity contribution in [2.45, 2.75) is 26.2 Å². The Hall–Kier alpha value is -11.7. The van der Waals surface area contributed by atoms with Gasteiger partial charge in [0, 0.05) is 77.9 Å². The topological polar surface area (TPSA) is 16.3 Å². The number of fused-ring (bicyclic) bond motifs is 10. The molecular formula is C88H63BN4. The van der Waals surface area contributed by atoms with E-state index >= 15 is 0 Å². The van der Waals surface area contributed by atoms with E-state index in [0.29, 0.717) is 5.69 Å². The second-order valence-electron chi connectivity index (χ2n) is 25.4. The largest absolute Gasteiger partial charge is 0.310 e. The highest BCUT2D eigenvalue weighted by molar-refractivity contribution is 7.00. The first kappa shape index (κ1) is 46.4. The van der Waals surface area contributed by atoms with Crippen LogP contribution in [0, 0.1) is 0 Å². The average molecular weight is 1200 g/mol. The summed E-state index contributed by atoms with van der Waals surface area (Å²) >= 11 is 0. The van der Waals surface area contributed by atoms with Crippen LogP contribution >= 0.6 is 0 Å².